The van der Waals surface area contributed by atoms with Crippen LogP contribution in [0.3, 0.4) is 0 Å². The molecule has 3 nitrogen and oxygen atoms in total. The molecule has 1 amide bonds. The molecule has 19 heavy (non-hydrogen) atoms. The van der Waals surface area contributed by atoms with Crippen LogP contribution in [0.1, 0.15) is 24.5 Å². The third-order valence-corrected chi connectivity index (χ3v) is 3.59. The van der Waals surface area contributed by atoms with Crippen LogP contribution in [0.4, 0.5) is 0 Å². The van der Waals surface area contributed by atoms with E-state index < -0.39 is 0 Å². The molecule has 0 saturated carbocycles. The van der Waals surface area contributed by atoms with Crippen molar-refractivity contribution >= 4 is 18.3 Å². The van der Waals surface area contributed by atoms with Crippen molar-refractivity contribution in [3.05, 3.63) is 35.4 Å². The van der Waals surface area contributed by atoms with Crippen LogP contribution in [0.5, 0.6) is 0 Å². The van der Waals surface area contributed by atoms with Crippen molar-refractivity contribution in [2.45, 2.75) is 32.7 Å². The van der Waals surface area contributed by atoms with Gasteiger partial charge in [-0.05, 0) is 31.4 Å². The number of hydrogen-bond donors (Lipinski definition) is 1. The average Bonchev–Trinajstić information content (AvgIpc) is 2.37. The first-order chi connectivity index (χ1) is 8.66. The number of benzene rings is 1. The van der Waals surface area contributed by atoms with E-state index in [1.165, 1.54) is 11.1 Å². The van der Waals surface area contributed by atoms with Crippen molar-refractivity contribution in [3.63, 3.8) is 0 Å². The SMILES string of the molecule is Cc1ccccc1CCC(=O)N1CCN[C@@H](C)C1.Cl. The highest BCUT2D eigenvalue weighted by Gasteiger charge is 2.19. The molecule has 1 N–H and O–H groups in total. The van der Waals surface area contributed by atoms with Gasteiger partial charge in [0.05, 0.1) is 0 Å². The van der Waals surface area contributed by atoms with Gasteiger partial charge >= 0.3 is 0 Å². The zero-order valence-electron chi connectivity index (χ0n) is 11.7. The highest BCUT2D eigenvalue weighted by Crippen LogP contribution is 2.11. The number of rotatable bonds is 3. The van der Waals surface area contributed by atoms with Gasteiger partial charge in [0.2, 0.25) is 5.91 Å². The molecule has 1 aliphatic heterocycles. The van der Waals surface area contributed by atoms with Gasteiger partial charge in [-0.1, -0.05) is 24.3 Å². The van der Waals surface area contributed by atoms with Crippen LogP contribution in [0.2, 0.25) is 0 Å². The van der Waals surface area contributed by atoms with Gasteiger partial charge in [-0.2, -0.15) is 0 Å². The Morgan fingerprint density at radius 2 is 2.16 bits per heavy atom. The maximum Gasteiger partial charge on any atom is 0.222 e. The summed E-state index contributed by atoms with van der Waals surface area (Å²) in [6.45, 7) is 6.83. The lowest BCUT2D eigenvalue weighted by Gasteiger charge is -2.32. The quantitative estimate of drug-likeness (QED) is 0.922. The summed E-state index contributed by atoms with van der Waals surface area (Å²) in [5.74, 6) is 0.284. The predicted octanol–water partition coefficient (Wildman–Crippen LogP) is 2.17. The van der Waals surface area contributed by atoms with Crippen molar-refractivity contribution in [2.24, 2.45) is 0 Å². The molecule has 0 aliphatic carbocycles. The van der Waals surface area contributed by atoms with Crippen molar-refractivity contribution in [2.75, 3.05) is 19.6 Å². The van der Waals surface area contributed by atoms with Crippen LogP contribution in [-0.4, -0.2) is 36.5 Å². The Balaban J connectivity index is 0.00000180. The minimum absolute atomic E-state index is 0. The standard InChI is InChI=1S/C15H22N2O.ClH/c1-12-5-3-4-6-14(12)7-8-15(18)17-10-9-16-13(2)11-17;/h3-6,13,16H,7-11H2,1-2H3;1H/t13-;/m0./s1. The van der Waals surface area contributed by atoms with Crippen LogP contribution < -0.4 is 5.32 Å². The third-order valence-electron chi connectivity index (χ3n) is 3.59. The molecule has 106 valence electrons. The molecule has 0 spiro atoms. The Morgan fingerprint density at radius 1 is 1.42 bits per heavy atom. The molecule has 0 aromatic heterocycles. The Bertz CT molecular complexity index is 422. The van der Waals surface area contributed by atoms with Crippen LogP contribution >= 0.6 is 12.4 Å². The number of nitrogens with one attached hydrogen (secondary N) is 1. The molecular weight excluding hydrogens is 260 g/mol. The maximum absolute atomic E-state index is 12.1. The molecule has 1 heterocycles. The van der Waals surface area contributed by atoms with Crippen LogP contribution in [-0.2, 0) is 11.2 Å². The third kappa shape index (κ3) is 4.51. The van der Waals surface area contributed by atoms with Gasteiger partial charge in [-0.25, -0.2) is 0 Å². The summed E-state index contributed by atoms with van der Waals surface area (Å²) in [6, 6.07) is 8.72. The minimum atomic E-state index is 0. The molecular formula is C15H23ClN2O. The van der Waals surface area contributed by atoms with E-state index >= 15 is 0 Å². The topological polar surface area (TPSA) is 32.3 Å². The number of amides is 1. The molecule has 0 radical (unpaired) electrons. The number of carbonyl (C=O) groups is 1. The number of nitrogens with zero attached hydrogens (tertiary/aromatic N) is 1. The zero-order valence-corrected chi connectivity index (χ0v) is 12.5. The van der Waals surface area contributed by atoms with E-state index in [4.69, 9.17) is 0 Å². The number of hydrogen-bond acceptors (Lipinski definition) is 2. The molecule has 1 atom stereocenters. The lowest BCUT2D eigenvalue weighted by molar-refractivity contribution is -0.132. The highest BCUT2D eigenvalue weighted by molar-refractivity contribution is 5.85. The van der Waals surface area contributed by atoms with Crippen molar-refractivity contribution in [1.29, 1.82) is 0 Å². The minimum Gasteiger partial charge on any atom is -0.340 e. The fourth-order valence-electron chi connectivity index (χ4n) is 2.45. The van der Waals surface area contributed by atoms with Gasteiger partial charge < -0.3 is 10.2 Å². The smallest absolute Gasteiger partial charge is 0.222 e. The second kappa shape index (κ2) is 7.51. The van der Waals surface area contributed by atoms with Gasteiger partial charge in [0, 0.05) is 32.1 Å². The first-order valence-corrected chi connectivity index (χ1v) is 6.72. The number of carbonyl (C=O) groups excluding carboxylic acids is 1. The van der Waals surface area contributed by atoms with Crippen LogP contribution in [0, 0.1) is 6.92 Å². The van der Waals surface area contributed by atoms with Gasteiger partial charge in [0.1, 0.15) is 0 Å². The first kappa shape index (κ1) is 16.0. The molecule has 2 rings (SSSR count). The average molecular weight is 283 g/mol. The highest BCUT2D eigenvalue weighted by atomic mass is 35.5. The zero-order chi connectivity index (χ0) is 13.0. The maximum atomic E-state index is 12.1. The summed E-state index contributed by atoms with van der Waals surface area (Å²) in [6.07, 6.45) is 1.47. The lowest BCUT2D eigenvalue weighted by Crippen LogP contribution is -2.51. The van der Waals surface area contributed by atoms with E-state index in [0.717, 1.165) is 26.1 Å². The molecule has 1 fully saturated rings. The second-order valence-electron chi connectivity index (χ2n) is 5.12. The summed E-state index contributed by atoms with van der Waals surface area (Å²) >= 11 is 0. The van der Waals surface area contributed by atoms with E-state index in [-0.39, 0.29) is 18.3 Å². The number of piperazine rings is 1. The largest absolute Gasteiger partial charge is 0.340 e. The Labute approximate surface area is 121 Å². The van der Waals surface area contributed by atoms with E-state index in [2.05, 4.69) is 31.3 Å². The molecule has 1 saturated heterocycles. The monoisotopic (exact) mass is 282 g/mol. The predicted molar refractivity (Wildman–Crippen MR) is 80.8 cm³/mol. The molecule has 0 unspecified atom stereocenters. The van der Waals surface area contributed by atoms with E-state index in [0.29, 0.717) is 12.5 Å². The summed E-state index contributed by atoms with van der Waals surface area (Å²) in [4.78, 5) is 14.1. The van der Waals surface area contributed by atoms with Crippen molar-refractivity contribution < 1.29 is 4.79 Å². The van der Waals surface area contributed by atoms with Crippen molar-refractivity contribution in [1.82, 2.24) is 10.2 Å². The fourth-order valence-corrected chi connectivity index (χ4v) is 2.45. The number of halogens is 1. The normalized spacial score (nSPS) is 18.8. The van der Waals surface area contributed by atoms with Crippen LogP contribution in [0.25, 0.3) is 0 Å². The summed E-state index contributed by atoms with van der Waals surface area (Å²) in [7, 11) is 0. The van der Waals surface area contributed by atoms with Crippen LogP contribution in [0.15, 0.2) is 24.3 Å². The molecule has 4 heteroatoms. The summed E-state index contributed by atoms with van der Waals surface area (Å²) < 4.78 is 0. The summed E-state index contributed by atoms with van der Waals surface area (Å²) in [5.41, 5.74) is 2.56. The molecule has 1 aromatic rings. The van der Waals surface area contributed by atoms with Crippen molar-refractivity contribution in [3.8, 4) is 0 Å². The van der Waals surface area contributed by atoms with Gasteiger partial charge in [-0.3, -0.25) is 4.79 Å². The van der Waals surface area contributed by atoms with Gasteiger partial charge in [0.15, 0.2) is 0 Å². The van der Waals surface area contributed by atoms with Gasteiger partial charge in [0.25, 0.3) is 0 Å². The lowest BCUT2D eigenvalue weighted by atomic mass is 10.0. The molecule has 1 aliphatic rings. The van der Waals surface area contributed by atoms with Gasteiger partial charge in [-0.15, -0.1) is 12.4 Å². The van der Waals surface area contributed by atoms with E-state index in [1.54, 1.807) is 0 Å². The Morgan fingerprint density at radius 3 is 2.84 bits per heavy atom. The van der Waals surface area contributed by atoms with E-state index in [1.807, 2.05) is 17.0 Å². The molecule has 0 bridgehead atoms. The van der Waals surface area contributed by atoms with E-state index in [9.17, 15) is 4.79 Å². The molecule has 1 aromatic carbocycles. The first-order valence-electron chi connectivity index (χ1n) is 6.72. The Kier molecular flexibility index (Phi) is 6.32. The Hall–Kier alpha value is -1.06. The fraction of sp³-hybridized carbons (Fsp3) is 0.533. The second-order valence-corrected chi connectivity index (χ2v) is 5.12. The summed E-state index contributed by atoms with van der Waals surface area (Å²) in [5, 5.41) is 3.36. The number of aryl methyl sites for hydroxylation is 2.